The molecule has 5 heteroatoms. The third-order valence-corrected chi connectivity index (χ3v) is 2.11. The van der Waals surface area contributed by atoms with Gasteiger partial charge in [0.05, 0.1) is 17.7 Å². The maximum atomic E-state index is 10.6. The van der Waals surface area contributed by atoms with E-state index < -0.39 is 0 Å². The molecule has 17 heavy (non-hydrogen) atoms. The lowest BCUT2D eigenvalue weighted by atomic mass is 10.2. The molecule has 1 amide bonds. The highest BCUT2D eigenvalue weighted by atomic mass is 35.5. The van der Waals surface area contributed by atoms with Gasteiger partial charge in [0.1, 0.15) is 5.75 Å². The van der Waals surface area contributed by atoms with Gasteiger partial charge < -0.3 is 4.74 Å². The number of rotatable bonds is 5. The second kappa shape index (κ2) is 6.47. The quantitative estimate of drug-likeness (QED) is 0.825. The Balaban J connectivity index is 2.59. The van der Waals surface area contributed by atoms with Crippen molar-refractivity contribution in [3.05, 3.63) is 28.8 Å². The molecule has 0 aliphatic carbocycles. The number of amides is 1. The topological polar surface area (TPSA) is 47.6 Å². The summed E-state index contributed by atoms with van der Waals surface area (Å²) in [7, 11) is 0. The zero-order valence-electron chi connectivity index (χ0n) is 10.1. The molecule has 4 nitrogen and oxygen atoms in total. The van der Waals surface area contributed by atoms with Gasteiger partial charge in [-0.3, -0.25) is 9.63 Å². The molecule has 0 saturated heterocycles. The van der Waals surface area contributed by atoms with Gasteiger partial charge in [0.25, 0.3) is 0 Å². The van der Waals surface area contributed by atoms with Gasteiger partial charge in [0, 0.05) is 6.92 Å². The fourth-order valence-electron chi connectivity index (χ4n) is 1.20. The average Bonchev–Trinajstić information content (AvgIpc) is 2.21. The second-order valence-electron chi connectivity index (χ2n) is 3.88. The molecule has 1 aromatic rings. The van der Waals surface area contributed by atoms with E-state index in [1.807, 2.05) is 19.9 Å². The van der Waals surface area contributed by atoms with Gasteiger partial charge in [-0.15, -0.1) is 0 Å². The Morgan fingerprint density at radius 2 is 2.18 bits per heavy atom. The predicted molar refractivity (Wildman–Crippen MR) is 65.8 cm³/mol. The summed E-state index contributed by atoms with van der Waals surface area (Å²) in [4.78, 5) is 15.6. The number of carbonyl (C=O) groups is 1. The largest absolute Gasteiger partial charge is 0.489 e. The minimum Gasteiger partial charge on any atom is -0.489 e. The molecule has 0 heterocycles. The Morgan fingerprint density at radius 1 is 1.47 bits per heavy atom. The summed E-state index contributed by atoms with van der Waals surface area (Å²) in [6, 6.07) is 5.38. The fraction of sp³-hybridized carbons (Fsp3) is 0.417. The van der Waals surface area contributed by atoms with Crippen molar-refractivity contribution in [2.24, 2.45) is 0 Å². The first-order chi connectivity index (χ1) is 7.99. The van der Waals surface area contributed by atoms with Crippen LogP contribution in [0.4, 0.5) is 0 Å². The summed E-state index contributed by atoms with van der Waals surface area (Å²) in [6.45, 7) is 5.52. The highest BCUT2D eigenvalue weighted by Gasteiger charge is 2.05. The van der Waals surface area contributed by atoms with E-state index in [1.165, 1.54) is 6.92 Å². The first-order valence-electron chi connectivity index (χ1n) is 5.32. The molecule has 1 rings (SSSR count). The lowest BCUT2D eigenvalue weighted by Crippen LogP contribution is -2.19. The number of hydrogen-bond acceptors (Lipinski definition) is 3. The predicted octanol–water partition coefficient (Wildman–Crippen LogP) is 2.69. The molecule has 0 aliphatic heterocycles. The maximum absolute atomic E-state index is 10.6. The highest BCUT2D eigenvalue weighted by Crippen LogP contribution is 2.26. The van der Waals surface area contributed by atoms with Gasteiger partial charge >= 0.3 is 0 Å². The summed E-state index contributed by atoms with van der Waals surface area (Å²) >= 11 is 6.05. The summed E-state index contributed by atoms with van der Waals surface area (Å²) in [5, 5.41) is 0.530. The minimum atomic E-state index is -0.240. The Labute approximate surface area is 106 Å². The molecule has 0 saturated carbocycles. The monoisotopic (exact) mass is 257 g/mol. The van der Waals surface area contributed by atoms with Crippen molar-refractivity contribution in [3.63, 3.8) is 0 Å². The van der Waals surface area contributed by atoms with E-state index >= 15 is 0 Å². The van der Waals surface area contributed by atoms with Crippen LogP contribution in [0.5, 0.6) is 5.75 Å². The van der Waals surface area contributed by atoms with E-state index in [0.29, 0.717) is 10.8 Å². The van der Waals surface area contributed by atoms with E-state index in [9.17, 15) is 4.79 Å². The Hall–Kier alpha value is -1.26. The van der Waals surface area contributed by atoms with Gasteiger partial charge in [0.2, 0.25) is 5.91 Å². The van der Waals surface area contributed by atoms with Crippen molar-refractivity contribution >= 4 is 17.5 Å². The van der Waals surface area contributed by atoms with Gasteiger partial charge in [0.15, 0.2) is 0 Å². The minimum absolute atomic E-state index is 0.0778. The molecule has 0 aromatic heterocycles. The molecule has 0 atom stereocenters. The Morgan fingerprint density at radius 3 is 2.71 bits per heavy atom. The van der Waals surface area contributed by atoms with Crippen LogP contribution in [0.1, 0.15) is 26.3 Å². The van der Waals surface area contributed by atoms with Crippen LogP contribution in [0.2, 0.25) is 5.02 Å². The molecule has 1 N–H and O–H groups in total. The standard InChI is InChI=1S/C12H16ClNO3/c1-8(2)17-12-5-4-10(6-11(12)13)7-16-14-9(3)15/h4-6,8H,7H2,1-3H3,(H,14,15). The molecule has 1 aromatic carbocycles. The molecule has 0 aliphatic rings. The molecule has 0 spiro atoms. The number of halogens is 1. The van der Waals surface area contributed by atoms with Crippen LogP contribution in [-0.2, 0) is 16.2 Å². The van der Waals surface area contributed by atoms with Gasteiger partial charge in [-0.25, -0.2) is 5.48 Å². The van der Waals surface area contributed by atoms with E-state index in [1.54, 1.807) is 12.1 Å². The van der Waals surface area contributed by atoms with Crippen molar-refractivity contribution in [1.29, 1.82) is 0 Å². The zero-order valence-corrected chi connectivity index (χ0v) is 10.9. The van der Waals surface area contributed by atoms with Gasteiger partial charge in [-0.2, -0.15) is 0 Å². The van der Waals surface area contributed by atoms with Crippen molar-refractivity contribution in [2.45, 2.75) is 33.5 Å². The molecular formula is C12H16ClNO3. The first kappa shape index (κ1) is 13.8. The van der Waals surface area contributed by atoms with Crippen molar-refractivity contribution in [1.82, 2.24) is 5.48 Å². The lowest BCUT2D eigenvalue weighted by Gasteiger charge is -2.12. The number of nitrogens with one attached hydrogen (secondary N) is 1. The maximum Gasteiger partial charge on any atom is 0.240 e. The van der Waals surface area contributed by atoms with Crippen molar-refractivity contribution in [3.8, 4) is 5.75 Å². The van der Waals surface area contributed by atoms with E-state index in [-0.39, 0.29) is 18.6 Å². The van der Waals surface area contributed by atoms with Crippen LogP contribution in [0.3, 0.4) is 0 Å². The molecule has 0 bridgehead atoms. The van der Waals surface area contributed by atoms with E-state index in [2.05, 4.69) is 5.48 Å². The van der Waals surface area contributed by atoms with Gasteiger partial charge in [-0.05, 0) is 31.5 Å². The lowest BCUT2D eigenvalue weighted by molar-refractivity contribution is -0.132. The Bertz CT molecular complexity index is 393. The van der Waals surface area contributed by atoms with Crippen molar-refractivity contribution in [2.75, 3.05) is 0 Å². The normalized spacial score (nSPS) is 10.4. The van der Waals surface area contributed by atoms with Crippen LogP contribution in [-0.4, -0.2) is 12.0 Å². The van der Waals surface area contributed by atoms with Crippen LogP contribution >= 0.6 is 11.6 Å². The number of hydrogen-bond donors (Lipinski definition) is 1. The van der Waals surface area contributed by atoms with Crippen LogP contribution < -0.4 is 10.2 Å². The SMILES string of the molecule is CC(=O)NOCc1ccc(OC(C)C)c(Cl)c1. The van der Waals surface area contributed by atoms with Gasteiger partial charge in [-0.1, -0.05) is 17.7 Å². The molecular weight excluding hydrogens is 242 g/mol. The van der Waals surface area contributed by atoms with E-state index in [0.717, 1.165) is 5.56 Å². The molecule has 0 unspecified atom stereocenters. The summed E-state index contributed by atoms with van der Waals surface area (Å²) in [5.74, 6) is 0.404. The molecule has 0 radical (unpaired) electrons. The number of ether oxygens (including phenoxy) is 1. The smallest absolute Gasteiger partial charge is 0.240 e. The van der Waals surface area contributed by atoms with Crippen molar-refractivity contribution < 1.29 is 14.4 Å². The fourth-order valence-corrected chi connectivity index (χ4v) is 1.45. The van der Waals surface area contributed by atoms with Crippen LogP contribution in [0.25, 0.3) is 0 Å². The number of hydroxylamine groups is 1. The average molecular weight is 258 g/mol. The Kier molecular flexibility index (Phi) is 5.25. The summed E-state index contributed by atoms with van der Waals surface area (Å²) in [5.41, 5.74) is 3.11. The second-order valence-corrected chi connectivity index (χ2v) is 4.29. The van der Waals surface area contributed by atoms with Crippen LogP contribution in [0.15, 0.2) is 18.2 Å². The molecule has 0 fully saturated rings. The van der Waals surface area contributed by atoms with E-state index in [4.69, 9.17) is 21.2 Å². The first-order valence-corrected chi connectivity index (χ1v) is 5.70. The third kappa shape index (κ3) is 5.06. The highest BCUT2D eigenvalue weighted by molar-refractivity contribution is 6.32. The number of benzene rings is 1. The molecule has 94 valence electrons. The van der Waals surface area contributed by atoms with Crippen LogP contribution in [0, 0.1) is 0 Å². The number of carbonyl (C=O) groups excluding carboxylic acids is 1. The summed E-state index contributed by atoms with van der Waals surface area (Å²) < 4.78 is 5.50. The zero-order chi connectivity index (χ0) is 12.8. The summed E-state index contributed by atoms with van der Waals surface area (Å²) in [6.07, 6.45) is 0.0778. The third-order valence-electron chi connectivity index (χ3n) is 1.81.